The Labute approximate surface area is 113 Å². The summed E-state index contributed by atoms with van der Waals surface area (Å²) in [6.45, 7) is 0.624. The van der Waals surface area contributed by atoms with Crippen LogP contribution in [0.5, 0.6) is 0 Å². The molecular weight excluding hydrogens is 305 g/mol. The van der Waals surface area contributed by atoms with Crippen LogP contribution in [0.2, 0.25) is 5.02 Å². The second-order valence-electron chi connectivity index (χ2n) is 3.61. The van der Waals surface area contributed by atoms with E-state index in [1.54, 1.807) is 6.07 Å². The molecule has 0 aromatic heterocycles. The molecule has 17 heavy (non-hydrogen) atoms. The van der Waals surface area contributed by atoms with E-state index in [0.717, 1.165) is 15.7 Å². The van der Waals surface area contributed by atoms with Crippen molar-refractivity contribution in [3.63, 3.8) is 0 Å². The maximum Gasteiger partial charge on any atom is 0.125 e. The van der Waals surface area contributed by atoms with Gasteiger partial charge in [0.2, 0.25) is 0 Å². The van der Waals surface area contributed by atoms with Crippen molar-refractivity contribution in [3.05, 3.63) is 63.3 Å². The molecular formula is C13H10BrClFN. The fourth-order valence-electron chi connectivity index (χ4n) is 1.45. The van der Waals surface area contributed by atoms with Crippen LogP contribution < -0.4 is 5.32 Å². The van der Waals surface area contributed by atoms with Crippen molar-refractivity contribution < 1.29 is 4.39 Å². The predicted octanol–water partition coefficient (Wildman–Crippen LogP) is 4.85. The van der Waals surface area contributed by atoms with E-state index in [0.29, 0.717) is 11.6 Å². The van der Waals surface area contributed by atoms with E-state index in [4.69, 9.17) is 11.6 Å². The Kier molecular flexibility index (Phi) is 4.02. The smallest absolute Gasteiger partial charge is 0.125 e. The van der Waals surface area contributed by atoms with Crippen LogP contribution in [0.15, 0.2) is 46.9 Å². The van der Waals surface area contributed by atoms with Crippen LogP contribution in [-0.4, -0.2) is 0 Å². The first kappa shape index (κ1) is 12.4. The third-order valence-electron chi connectivity index (χ3n) is 2.31. The summed E-state index contributed by atoms with van der Waals surface area (Å²) < 4.78 is 13.8. The molecule has 0 unspecified atom stereocenters. The Morgan fingerprint density at radius 2 is 2.00 bits per heavy atom. The van der Waals surface area contributed by atoms with Crippen molar-refractivity contribution in [2.45, 2.75) is 6.54 Å². The Balaban J connectivity index is 2.05. The minimum Gasteiger partial charge on any atom is -0.381 e. The second-order valence-corrected chi connectivity index (χ2v) is 4.87. The van der Waals surface area contributed by atoms with Gasteiger partial charge in [-0.3, -0.25) is 0 Å². The number of halogens is 3. The van der Waals surface area contributed by atoms with Gasteiger partial charge in [-0.2, -0.15) is 0 Å². The van der Waals surface area contributed by atoms with Crippen LogP contribution >= 0.6 is 27.5 Å². The molecule has 4 heteroatoms. The average Bonchev–Trinajstić information content (AvgIpc) is 2.31. The molecule has 0 aliphatic heterocycles. The monoisotopic (exact) mass is 313 g/mol. The first-order valence-corrected chi connectivity index (χ1v) is 6.25. The lowest BCUT2D eigenvalue weighted by Gasteiger charge is -2.07. The molecule has 2 aromatic rings. The third-order valence-corrected chi connectivity index (χ3v) is 3.52. The molecule has 0 saturated heterocycles. The molecule has 0 aliphatic rings. The minimum atomic E-state index is -0.243. The summed E-state index contributed by atoms with van der Waals surface area (Å²) in [5.41, 5.74) is 1.83. The molecule has 2 rings (SSSR count). The van der Waals surface area contributed by atoms with Gasteiger partial charge < -0.3 is 5.32 Å². The molecule has 0 atom stereocenters. The number of benzene rings is 2. The van der Waals surface area contributed by atoms with Gasteiger partial charge in [0, 0.05) is 16.7 Å². The van der Waals surface area contributed by atoms with Crippen molar-refractivity contribution in [2.75, 3.05) is 5.32 Å². The number of nitrogens with one attached hydrogen (secondary N) is 1. The molecule has 0 amide bonds. The molecule has 0 bridgehead atoms. The highest BCUT2D eigenvalue weighted by atomic mass is 79.9. The van der Waals surface area contributed by atoms with Crippen molar-refractivity contribution in [3.8, 4) is 0 Å². The largest absolute Gasteiger partial charge is 0.381 e. The van der Waals surface area contributed by atoms with E-state index >= 15 is 0 Å². The summed E-state index contributed by atoms with van der Waals surface area (Å²) >= 11 is 9.27. The van der Waals surface area contributed by atoms with Gasteiger partial charge in [-0.1, -0.05) is 23.7 Å². The third kappa shape index (κ3) is 3.45. The van der Waals surface area contributed by atoms with E-state index in [1.807, 2.05) is 24.3 Å². The summed E-state index contributed by atoms with van der Waals surface area (Å²) in [5.74, 6) is -0.243. The zero-order chi connectivity index (χ0) is 12.3. The van der Waals surface area contributed by atoms with Gasteiger partial charge in [0.1, 0.15) is 5.82 Å². The SMILES string of the molecule is Fc1cccc(NCc2ccc(Cl)c(Br)c2)c1. The Morgan fingerprint density at radius 1 is 1.18 bits per heavy atom. The van der Waals surface area contributed by atoms with Crippen LogP contribution in [0.25, 0.3) is 0 Å². The number of hydrogen-bond donors (Lipinski definition) is 1. The van der Waals surface area contributed by atoms with Gasteiger partial charge in [0.25, 0.3) is 0 Å². The normalized spacial score (nSPS) is 10.3. The fourth-order valence-corrected chi connectivity index (χ4v) is 2.00. The molecule has 0 aliphatic carbocycles. The van der Waals surface area contributed by atoms with Gasteiger partial charge >= 0.3 is 0 Å². The number of anilines is 1. The zero-order valence-corrected chi connectivity index (χ0v) is 11.2. The summed E-state index contributed by atoms with van der Waals surface area (Å²) in [6, 6.07) is 12.1. The molecule has 1 N–H and O–H groups in total. The van der Waals surface area contributed by atoms with Gasteiger partial charge in [-0.05, 0) is 51.8 Å². The molecule has 1 nitrogen and oxygen atoms in total. The maximum absolute atomic E-state index is 12.9. The van der Waals surface area contributed by atoms with E-state index in [2.05, 4.69) is 21.2 Å². The highest BCUT2D eigenvalue weighted by molar-refractivity contribution is 9.10. The maximum atomic E-state index is 12.9. The zero-order valence-electron chi connectivity index (χ0n) is 8.88. The van der Waals surface area contributed by atoms with Crippen LogP contribution in [-0.2, 0) is 6.54 Å². The highest BCUT2D eigenvalue weighted by Crippen LogP contribution is 2.23. The van der Waals surface area contributed by atoms with Crippen molar-refractivity contribution in [1.82, 2.24) is 0 Å². The van der Waals surface area contributed by atoms with Gasteiger partial charge in [0.15, 0.2) is 0 Å². The molecule has 0 fully saturated rings. The van der Waals surface area contributed by atoms with E-state index in [-0.39, 0.29) is 5.82 Å². The predicted molar refractivity (Wildman–Crippen MR) is 72.9 cm³/mol. The minimum absolute atomic E-state index is 0.243. The summed E-state index contributed by atoms with van der Waals surface area (Å²) in [6.07, 6.45) is 0. The second kappa shape index (κ2) is 5.52. The number of rotatable bonds is 3. The molecule has 88 valence electrons. The summed E-state index contributed by atoms with van der Waals surface area (Å²) in [4.78, 5) is 0. The molecule has 0 heterocycles. The average molecular weight is 315 g/mol. The first-order chi connectivity index (χ1) is 8.15. The van der Waals surface area contributed by atoms with E-state index in [9.17, 15) is 4.39 Å². The van der Waals surface area contributed by atoms with Crippen molar-refractivity contribution in [1.29, 1.82) is 0 Å². The lowest BCUT2D eigenvalue weighted by atomic mass is 10.2. The molecule has 0 spiro atoms. The van der Waals surface area contributed by atoms with E-state index < -0.39 is 0 Å². The number of hydrogen-bond acceptors (Lipinski definition) is 1. The Morgan fingerprint density at radius 3 is 2.71 bits per heavy atom. The quantitative estimate of drug-likeness (QED) is 0.853. The van der Waals surface area contributed by atoms with Gasteiger partial charge in [-0.25, -0.2) is 4.39 Å². The lowest BCUT2D eigenvalue weighted by Crippen LogP contribution is -1.99. The highest BCUT2D eigenvalue weighted by Gasteiger charge is 1.99. The standard InChI is InChI=1S/C13H10BrClFN/c14-12-6-9(4-5-13(12)15)8-17-11-3-1-2-10(16)7-11/h1-7,17H,8H2. The van der Waals surface area contributed by atoms with Gasteiger partial charge in [0.05, 0.1) is 5.02 Å². The van der Waals surface area contributed by atoms with Gasteiger partial charge in [-0.15, -0.1) is 0 Å². The van der Waals surface area contributed by atoms with Crippen molar-refractivity contribution >= 4 is 33.2 Å². The topological polar surface area (TPSA) is 12.0 Å². The fraction of sp³-hybridized carbons (Fsp3) is 0.0769. The first-order valence-electron chi connectivity index (χ1n) is 5.08. The summed E-state index contributed by atoms with van der Waals surface area (Å²) in [5, 5.41) is 3.82. The Bertz CT molecular complexity index is 531. The Hall–Kier alpha value is -1.06. The van der Waals surface area contributed by atoms with Crippen LogP contribution in [0.4, 0.5) is 10.1 Å². The van der Waals surface area contributed by atoms with Crippen molar-refractivity contribution in [2.24, 2.45) is 0 Å². The van der Waals surface area contributed by atoms with Crippen LogP contribution in [0.3, 0.4) is 0 Å². The molecule has 2 aromatic carbocycles. The van der Waals surface area contributed by atoms with Crippen LogP contribution in [0.1, 0.15) is 5.56 Å². The lowest BCUT2D eigenvalue weighted by molar-refractivity contribution is 0.628. The molecule has 0 saturated carbocycles. The van der Waals surface area contributed by atoms with E-state index in [1.165, 1.54) is 12.1 Å². The summed E-state index contributed by atoms with van der Waals surface area (Å²) in [7, 11) is 0. The molecule has 0 radical (unpaired) electrons. The van der Waals surface area contributed by atoms with Crippen LogP contribution in [0, 0.1) is 5.82 Å².